The first-order chi connectivity index (χ1) is 9.85. The van der Waals surface area contributed by atoms with Gasteiger partial charge < -0.3 is 19.3 Å². The molecule has 0 bridgehead atoms. The van der Waals surface area contributed by atoms with Crippen LogP contribution in [0.25, 0.3) is 5.65 Å². The summed E-state index contributed by atoms with van der Waals surface area (Å²) in [6, 6.07) is 0. The highest BCUT2D eigenvalue weighted by Gasteiger charge is 2.21. The van der Waals surface area contributed by atoms with Crippen LogP contribution in [0.1, 0.15) is 5.82 Å². The third-order valence-electron chi connectivity index (χ3n) is 3.44. The van der Waals surface area contributed by atoms with Crippen LogP contribution >= 0.6 is 0 Å². The van der Waals surface area contributed by atoms with E-state index in [2.05, 4.69) is 30.5 Å². The van der Waals surface area contributed by atoms with E-state index in [0.717, 1.165) is 30.4 Å². The standard InChI is InChI=1S/C11H13N9/c12-16-8-5-18-2-1-13-10(18)11(15-8)19-3-4-20-7-14-17-9(20)6-19/h1-2,5,7,16H,3-4,6,12H2. The van der Waals surface area contributed by atoms with Crippen molar-refractivity contribution in [2.75, 3.05) is 16.9 Å². The van der Waals surface area contributed by atoms with E-state index >= 15 is 0 Å². The van der Waals surface area contributed by atoms with Crippen LogP contribution in [-0.2, 0) is 13.1 Å². The van der Waals surface area contributed by atoms with E-state index in [1.165, 1.54) is 0 Å². The van der Waals surface area contributed by atoms with Crippen LogP contribution in [-0.4, -0.2) is 35.7 Å². The van der Waals surface area contributed by atoms with Crippen LogP contribution < -0.4 is 16.2 Å². The Morgan fingerprint density at radius 3 is 3.15 bits per heavy atom. The van der Waals surface area contributed by atoms with Crippen LogP contribution in [0.4, 0.5) is 11.6 Å². The lowest BCUT2D eigenvalue weighted by atomic mass is 10.3. The Morgan fingerprint density at radius 2 is 2.25 bits per heavy atom. The maximum Gasteiger partial charge on any atom is 0.180 e. The topological polar surface area (TPSA) is 102 Å². The van der Waals surface area contributed by atoms with Crippen molar-refractivity contribution >= 4 is 17.3 Å². The minimum atomic E-state index is 0.595. The summed E-state index contributed by atoms with van der Waals surface area (Å²) in [6.07, 6.45) is 7.17. The van der Waals surface area contributed by atoms with Gasteiger partial charge in [0.05, 0.1) is 12.7 Å². The number of rotatable bonds is 2. The maximum atomic E-state index is 5.48. The molecule has 4 rings (SSSR count). The minimum Gasteiger partial charge on any atom is -0.344 e. The van der Waals surface area contributed by atoms with E-state index in [1.54, 1.807) is 18.7 Å². The van der Waals surface area contributed by atoms with Gasteiger partial charge in [-0.05, 0) is 0 Å². The number of anilines is 2. The SMILES string of the molecule is NNc1cn2ccnc2c(N2CCn3cnnc3C2)n1. The third kappa shape index (κ3) is 1.60. The van der Waals surface area contributed by atoms with Crippen LogP contribution in [0.15, 0.2) is 24.9 Å². The Kier molecular flexibility index (Phi) is 2.33. The Hall–Kier alpha value is -2.68. The Bertz CT molecular complexity index is 758. The fourth-order valence-electron chi connectivity index (χ4n) is 2.44. The summed E-state index contributed by atoms with van der Waals surface area (Å²) in [5.74, 6) is 7.79. The second kappa shape index (κ2) is 4.17. The second-order valence-electron chi connectivity index (χ2n) is 4.61. The first-order valence-corrected chi connectivity index (χ1v) is 6.27. The van der Waals surface area contributed by atoms with Crippen molar-refractivity contribution in [1.82, 2.24) is 29.1 Å². The van der Waals surface area contributed by atoms with Crippen LogP contribution in [0, 0.1) is 0 Å². The summed E-state index contributed by atoms with van der Waals surface area (Å²) in [6.45, 7) is 2.31. The minimum absolute atomic E-state index is 0.595. The molecule has 3 aromatic rings. The fourth-order valence-corrected chi connectivity index (χ4v) is 2.44. The van der Waals surface area contributed by atoms with Gasteiger partial charge in [-0.25, -0.2) is 15.8 Å². The lowest BCUT2D eigenvalue weighted by molar-refractivity contribution is 0.556. The molecule has 0 aliphatic carbocycles. The van der Waals surface area contributed by atoms with Crippen LogP contribution in [0.2, 0.25) is 0 Å². The lowest BCUT2D eigenvalue weighted by Crippen LogP contribution is -2.34. The average Bonchev–Trinajstić information content (AvgIpc) is 3.13. The van der Waals surface area contributed by atoms with Gasteiger partial charge in [-0.2, -0.15) is 0 Å². The molecular weight excluding hydrogens is 258 g/mol. The van der Waals surface area contributed by atoms with E-state index in [1.807, 2.05) is 15.2 Å². The molecule has 0 radical (unpaired) electrons. The van der Waals surface area contributed by atoms with Crippen molar-refractivity contribution in [2.24, 2.45) is 5.84 Å². The van der Waals surface area contributed by atoms with Crippen LogP contribution in [0.3, 0.4) is 0 Å². The molecule has 0 unspecified atom stereocenters. The molecule has 0 saturated carbocycles. The molecule has 0 atom stereocenters. The van der Waals surface area contributed by atoms with Crippen molar-refractivity contribution in [3.63, 3.8) is 0 Å². The number of nitrogens with two attached hydrogens (primary N) is 1. The van der Waals surface area contributed by atoms with Crippen molar-refractivity contribution in [1.29, 1.82) is 0 Å². The molecule has 3 aromatic heterocycles. The zero-order valence-electron chi connectivity index (χ0n) is 10.6. The number of hydrazine groups is 1. The van der Waals surface area contributed by atoms with Gasteiger partial charge in [0.15, 0.2) is 23.1 Å². The third-order valence-corrected chi connectivity index (χ3v) is 3.44. The molecule has 4 heterocycles. The van der Waals surface area contributed by atoms with E-state index in [4.69, 9.17) is 5.84 Å². The molecule has 1 aliphatic heterocycles. The zero-order valence-corrected chi connectivity index (χ0v) is 10.6. The van der Waals surface area contributed by atoms with Gasteiger partial charge in [0, 0.05) is 25.5 Å². The van der Waals surface area contributed by atoms with Gasteiger partial charge in [0.25, 0.3) is 0 Å². The highest BCUT2D eigenvalue weighted by Crippen LogP contribution is 2.23. The molecule has 0 saturated heterocycles. The van der Waals surface area contributed by atoms with Crippen LogP contribution in [0.5, 0.6) is 0 Å². The van der Waals surface area contributed by atoms with Crippen molar-refractivity contribution < 1.29 is 0 Å². The second-order valence-corrected chi connectivity index (χ2v) is 4.61. The summed E-state index contributed by atoms with van der Waals surface area (Å²) in [4.78, 5) is 11.0. The molecule has 0 aromatic carbocycles. The molecule has 9 heteroatoms. The number of hydrogen-bond donors (Lipinski definition) is 2. The number of nitrogens with zero attached hydrogens (tertiary/aromatic N) is 7. The predicted octanol–water partition coefficient (Wildman–Crippen LogP) is -0.373. The van der Waals surface area contributed by atoms with Gasteiger partial charge in [0.1, 0.15) is 6.33 Å². The summed E-state index contributed by atoms with van der Waals surface area (Å²) < 4.78 is 3.95. The normalized spacial score (nSPS) is 14.6. The van der Waals surface area contributed by atoms with E-state index in [9.17, 15) is 0 Å². The summed E-state index contributed by atoms with van der Waals surface area (Å²) in [7, 11) is 0. The van der Waals surface area contributed by atoms with Gasteiger partial charge in [-0.3, -0.25) is 0 Å². The molecule has 20 heavy (non-hydrogen) atoms. The van der Waals surface area contributed by atoms with Crippen molar-refractivity contribution in [3.05, 3.63) is 30.7 Å². The summed E-state index contributed by atoms with van der Waals surface area (Å²) in [5.41, 5.74) is 3.39. The average molecular weight is 271 g/mol. The number of imidazole rings is 1. The highest BCUT2D eigenvalue weighted by atomic mass is 15.4. The predicted molar refractivity (Wildman–Crippen MR) is 71.9 cm³/mol. The Balaban J connectivity index is 1.80. The fraction of sp³-hybridized carbons (Fsp3) is 0.273. The van der Waals surface area contributed by atoms with Crippen molar-refractivity contribution in [3.8, 4) is 0 Å². The van der Waals surface area contributed by atoms with Gasteiger partial charge in [-0.1, -0.05) is 0 Å². The lowest BCUT2D eigenvalue weighted by Gasteiger charge is -2.28. The van der Waals surface area contributed by atoms with Gasteiger partial charge in [-0.15, -0.1) is 10.2 Å². The molecule has 1 aliphatic rings. The van der Waals surface area contributed by atoms with E-state index in [-0.39, 0.29) is 0 Å². The number of nitrogens with one attached hydrogen (secondary N) is 1. The summed E-state index contributed by atoms with van der Waals surface area (Å²) in [5, 5.41) is 8.05. The largest absolute Gasteiger partial charge is 0.344 e. The molecular formula is C11H13N9. The number of hydrogen-bond acceptors (Lipinski definition) is 7. The number of fused-ring (bicyclic) bond motifs is 2. The smallest absolute Gasteiger partial charge is 0.180 e. The molecule has 0 fully saturated rings. The molecule has 3 N–H and O–H groups in total. The maximum absolute atomic E-state index is 5.48. The molecule has 0 amide bonds. The highest BCUT2D eigenvalue weighted by molar-refractivity contribution is 5.66. The summed E-state index contributed by atoms with van der Waals surface area (Å²) >= 11 is 0. The number of nitrogen functional groups attached to an aromatic ring is 1. The van der Waals surface area contributed by atoms with Gasteiger partial charge >= 0.3 is 0 Å². The van der Waals surface area contributed by atoms with E-state index in [0.29, 0.717) is 12.4 Å². The van der Waals surface area contributed by atoms with Crippen molar-refractivity contribution in [2.45, 2.75) is 13.1 Å². The quantitative estimate of drug-likeness (QED) is 0.484. The van der Waals surface area contributed by atoms with E-state index < -0.39 is 0 Å². The molecule has 0 spiro atoms. The molecule has 9 nitrogen and oxygen atoms in total. The first kappa shape index (κ1) is 11.2. The number of aromatic nitrogens is 6. The first-order valence-electron chi connectivity index (χ1n) is 6.27. The van der Waals surface area contributed by atoms with Gasteiger partial charge in [0.2, 0.25) is 0 Å². The Morgan fingerprint density at radius 1 is 1.30 bits per heavy atom. The Labute approximate surface area is 114 Å². The zero-order chi connectivity index (χ0) is 13.5. The molecule has 102 valence electrons. The monoisotopic (exact) mass is 271 g/mol.